The van der Waals surface area contributed by atoms with E-state index in [-0.39, 0.29) is 16.5 Å². The Labute approximate surface area is 190 Å². The van der Waals surface area contributed by atoms with E-state index < -0.39 is 10.0 Å². The van der Waals surface area contributed by atoms with Crippen molar-refractivity contribution in [3.8, 4) is 10.6 Å². The van der Waals surface area contributed by atoms with Gasteiger partial charge in [-0.05, 0) is 49.2 Å². The SMILES string of the molecule is Cc1cccc(C)c1NS(=O)(=O)c1ccc(NC(=O)c2csc(-c3cnn(C)c3)n2)cc1. The molecule has 0 fully saturated rings. The smallest absolute Gasteiger partial charge is 0.275 e. The third kappa shape index (κ3) is 4.56. The van der Waals surface area contributed by atoms with Crippen molar-refractivity contribution in [3.63, 3.8) is 0 Å². The average molecular weight is 468 g/mol. The Bertz CT molecular complexity index is 1370. The Kier molecular flexibility index (Phi) is 5.81. The van der Waals surface area contributed by atoms with Gasteiger partial charge < -0.3 is 5.32 Å². The van der Waals surface area contributed by atoms with Crippen molar-refractivity contribution in [1.29, 1.82) is 0 Å². The minimum atomic E-state index is -3.76. The molecule has 0 saturated carbocycles. The topological polar surface area (TPSA) is 106 Å². The molecule has 0 radical (unpaired) electrons. The lowest BCUT2D eigenvalue weighted by Crippen LogP contribution is -2.15. The van der Waals surface area contributed by atoms with Gasteiger partial charge in [-0.1, -0.05) is 18.2 Å². The Balaban J connectivity index is 1.47. The van der Waals surface area contributed by atoms with E-state index in [0.717, 1.165) is 16.7 Å². The van der Waals surface area contributed by atoms with Crippen LogP contribution in [0.5, 0.6) is 0 Å². The largest absolute Gasteiger partial charge is 0.321 e. The maximum Gasteiger partial charge on any atom is 0.275 e. The molecule has 2 aromatic carbocycles. The number of hydrogen-bond acceptors (Lipinski definition) is 6. The molecule has 164 valence electrons. The van der Waals surface area contributed by atoms with Crippen LogP contribution in [-0.4, -0.2) is 29.1 Å². The monoisotopic (exact) mass is 467 g/mol. The van der Waals surface area contributed by atoms with Gasteiger partial charge >= 0.3 is 0 Å². The van der Waals surface area contributed by atoms with Crippen LogP contribution in [0.2, 0.25) is 0 Å². The molecule has 0 spiro atoms. The number of rotatable bonds is 6. The average Bonchev–Trinajstić information content (AvgIpc) is 3.40. The van der Waals surface area contributed by atoms with Gasteiger partial charge in [0, 0.05) is 29.9 Å². The Hall–Kier alpha value is -3.50. The summed E-state index contributed by atoms with van der Waals surface area (Å²) in [6.07, 6.45) is 3.51. The molecule has 10 heteroatoms. The molecule has 4 aromatic rings. The first-order valence-electron chi connectivity index (χ1n) is 9.68. The molecule has 0 unspecified atom stereocenters. The molecule has 0 bridgehead atoms. The number of carbonyl (C=O) groups excluding carboxylic acids is 1. The second kappa shape index (κ2) is 8.56. The predicted molar refractivity (Wildman–Crippen MR) is 125 cm³/mol. The van der Waals surface area contributed by atoms with Crippen LogP contribution in [0.3, 0.4) is 0 Å². The molecular weight excluding hydrogens is 446 g/mol. The third-order valence-corrected chi connectivity index (χ3v) is 7.09. The van der Waals surface area contributed by atoms with Crippen LogP contribution >= 0.6 is 11.3 Å². The first kappa shape index (κ1) is 21.7. The van der Waals surface area contributed by atoms with Crippen molar-refractivity contribution in [2.24, 2.45) is 7.05 Å². The van der Waals surface area contributed by atoms with Crippen LogP contribution in [0.4, 0.5) is 11.4 Å². The molecule has 0 atom stereocenters. The number of sulfonamides is 1. The number of nitrogens with one attached hydrogen (secondary N) is 2. The fraction of sp³-hybridized carbons (Fsp3) is 0.136. The Morgan fingerprint density at radius 2 is 1.75 bits per heavy atom. The van der Waals surface area contributed by atoms with Gasteiger partial charge in [-0.2, -0.15) is 5.10 Å². The molecular formula is C22H21N5O3S2. The van der Waals surface area contributed by atoms with Crippen LogP contribution in [0.1, 0.15) is 21.6 Å². The molecule has 2 aromatic heterocycles. The van der Waals surface area contributed by atoms with E-state index in [9.17, 15) is 13.2 Å². The van der Waals surface area contributed by atoms with Gasteiger partial charge in [-0.25, -0.2) is 13.4 Å². The lowest BCUT2D eigenvalue weighted by atomic mass is 10.1. The minimum Gasteiger partial charge on any atom is -0.321 e. The van der Waals surface area contributed by atoms with Gasteiger partial charge in [0.1, 0.15) is 10.7 Å². The number of carbonyl (C=O) groups is 1. The highest BCUT2D eigenvalue weighted by Crippen LogP contribution is 2.25. The lowest BCUT2D eigenvalue weighted by molar-refractivity contribution is 0.102. The molecule has 0 aliphatic rings. The number of benzene rings is 2. The number of para-hydroxylation sites is 1. The van der Waals surface area contributed by atoms with E-state index in [0.29, 0.717) is 16.4 Å². The molecule has 1 amide bonds. The summed E-state index contributed by atoms with van der Waals surface area (Å²) in [5.74, 6) is -0.374. The summed E-state index contributed by atoms with van der Waals surface area (Å²) in [5.41, 5.74) is 3.83. The number of aryl methyl sites for hydroxylation is 3. The summed E-state index contributed by atoms with van der Waals surface area (Å²) in [7, 11) is -1.95. The van der Waals surface area contributed by atoms with Crippen molar-refractivity contribution in [2.45, 2.75) is 18.7 Å². The van der Waals surface area contributed by atoms with Gasteiger partial charge in [0.25, 0.3) is 15.9 Å². The lowest BCUT2D eigenvalue weighted by Gasteiger charge is -2.13. The van der Waals surface area contributed by atoms with Gasteiger partial charge in [0.15, 0.2) is 0 Å². The summed E-state index contributed by atoms with van der Waals surface area (Å²) in [6.45, 7) is 3.70. The van der Waals surface area contributed by atoms with Crippen molar-refractivity contribution >= 4 is 38.6 Å². The number of nitrogens with zero attached hydrogens (tertiary/aromatic N) is 3. The number of anilines is 2. The summed E-state index contributed by atoms with van der Waals surface area (Å²) in [6, 6.07) is 11.6. The van der Waals surface area contributed by atoms with Gasteiger partial charge in [0.05, 0.1) is 16.8 Å². The number of amides is 1. The van der Waals surface area contributed by atoms with E-state index in [1.54, 1.807) is 28.4 Å². The van der Waals surface area contributed by atoms with Gasteiger partial charge in [0.2, 0.25) is 0 Å². The Morgan fingerprint density at radius 1 is 1.06 bits per heavy atom. The van der Waals surface area contributed by atoms with E-state index in [2.05, 4.69) is 20.1 Å². The number of hydrogen-bond donors (Lipinski definition) is 2. The zero-order chi connectivity index (χ0) is 22.9. The van der Waals surface area contributed by atoms with E-state index in [1.165, 1.54) is 23.5 Å². The van der Waals surface area contributed by atoms with Crippen molar-refractivity contribution in [1.82, 2.24) is 14.8 Å². The molecule has 2 heterocycles. The second-order valence-electron chi connectivity index (χ2n) is 7.29. The summed E-state index contributed by atoms with van der Waals surface area (Å²) in [4.78, 5) is 17.0. The molecule has 0 aliphatic heterocycles. The standard InChI is InChI=1S/C22H21N5O3S2/c1-14-5-4-6-15(2)20(14)26-32(29,30)18-9-7-17(8-10-18)24-21(28)19-13-31-22(25-19)16-11-23-27(3)12-16/h4-13,26H,1-3H3,(H,24,28). The summed E-state index contributed by atoms with van der Waals surface area (Å²) < 4.78 is 29.9. The molecule has 32 heavy (non-hydrogen) atoms. The number of aromatic nitrogens is 3. The fourth-order valence-electron chi connectivity index (χ4n) is 3.12. The van der Waals surface area contributed by atoms with E-state index >= 15 is 0 Å². The molecule has 0 saturated heterocycles. The second-order valence-corrected chi connectivity index (χ2v) is 9.83. The maximum atomic E-state index is 12.8. The van der Waals surface area contributed by atoms with Crippen molar-refractivity contribution in [3.05, 3.63) is 77.1 Å². The number of thiazole rings is 1. The van der Waals surface area contributed by atoms with Gasteiger partial charge in [-0.15, -0.1) is 11.3 Å². The van der Waals surface area contributed by atoms with Crippen molar-refractivity contribution in [2.75, 3.05) is 10.0 Å². The van der Waals surface area contributed by atoms with Crippen molar-refractivity contribution < 1.29 is 13.2 Å². The molecule has 2 N–H and O–H groups in total. The highest BCUT2D eigenvalue weighted by atomic mass is 32.2. The summed E-state index contributed by atoms with van der Waals surface area (Å²) in [5, 5.41) is 9.22. The zero-order valence-corrected chi connectivity index (χ0v) is 19.3. The first-order valence-corrected chi connectivity index (χ1v) is 12.0. The molecule has 8 nitrogen and oxygen atoms in total. The maximum absolute atomic E-state index is 12.8. The highest BCUT2D eigenvalue weighted by Gasteiger charge is 2.17. The van der Waals surface area contributed by atoms with E-state index in [1.807, 2.05) is 45.3 Å². The molecule has 4 rings (SSSR count). The predicted octanol–water partition coefficient (Wildman–Crippen LogP) is 4.21. The van der Waals surface area contributed by atoms with Crippen LogP contribution in [0.25, 0.3) is 10.6 Å². The Morgan fingerprint density at radius 3 is 2.38 bits per heavy atom. The van der Waals surface area contributed by atoms with Gasteiger partial charge in [-0.3, -0.25) is 14.2 Å². The normalized spacial score (nSPS) is 11.3. The quantitative estimate of drug-likeness (QED) is 0.442. The van der Waals surface area contributed by atoms with Crippen LogP contribution in [-0.2, 0) is 17.1 Å². The third-order valence-electron chi connectivity index (χ3n) is 4.83. The fourth-order valence-corrected chi connectivity index (χ4v) is 5.10. The van der Waals surface area contributed by atoms with Crippen LogP contribution in [0.15, 0.2) is 65.1 Å². The van der Waals surface area contributed by atoms with Crippen LogP contribution < -0.4 is 10.0 Å². The highest BCUT2D eigenvalue weighted by molar-refractivity contribution is 7.92. The molecule has 0 aliphatic carbocycles. The minimum absolute atomic E-state index is 0.102. The zero-order valence-electron chi connectivity index (χ0n) is 17.7. The van der Waals surface area contributed by atoms with E-state index in [4.69, 9.17) is 0 Å². The summed E-state index contributed by atoms with van der Waals surface area (Å²) >= 11 is 1.35. The van der Waals surface area contributed by atoms with Crippen LogP contribution in [0, 0.1) is 13.8 Å². The first-order chi connectivity index (χ1) is 15.2.